The summed E-state index contributed by atoms with van der Waals surface area (Å²) in [5, 5.41) is 3.80. The van der Waals surface area contributed by atoms with E-state index in [9.17, 15) is 8.42 Å². The van der Waals surface area contributed by atoms with Crippen molar-refractivity contribution in [2.75, 3.05) is 19.6 Å². The molecule has 2 rings (SSSR count). The Morgan fingerprint density at radius 1 is 1.19 bits per heavy atom. The van der Waals surface area contributed by atoms with Crippen LogP contribution in [0, 0.1) is 0 Å². The van der Waals surface area contributed by atoms with E-state index in [2.05, 4.69) is 5.32 Å². The first-order chi connectivity index (χ1) is 9.96. The van der Waals surface area contributed by atoms with Crippen molar-refractivity contribution in [1.29, 1.82) is 0 Å². The summed E-state index contributed by atoms with van der Waals surface area (Å²) in [7, 11) is -3.57. The van der Waals surface area contributed by atoms with Gasteiger partial charge in [0.2, 0.25) is 10.0 Å². The minimum Gasteiger partial charge on any atom is -0.313 e. The second kappa shape index (κ2) is 7.29. The number of benzene rings is 1. The van der Waals surface area contributed by atoms with Crippen LogP contribution in [0.5, 0.6) is 0 Å². The van der Waals surface area contributed by atoms with E-state index in [-0.39, 0.29) is 9.92 Å². The molecule has 1 aromatic rings. The van der Waals surface area contributed by atoms with Gasteiger partial charge in [-0.25, -0.2) is 8.42 Å². The van der Waals surface area contributed by atoms with Crippen molar-refractivity contribution >= 4 is 33.2 Å². The van der Waals surface area contributed by atoms with Gasteiger partial charge < -0.3 is 5.32 Å². The van der Waals surface area contributed by atoms with Gasteiger partial charge in [0.25, 0.3) is 0 Å². The smallest absolute Gasteiger partial charge is 0.244 e. The number of rotatable bonds is 5. The summed E-state index contributed by atoms with van der Waals surface area (Å²) < 4.78 is 27.0. The molecular weight excluding hydrogens is 331 g/mol. The SMILES string of the molecule is CCNCc1cc(Cl)cc(S(=O)(=O)N2CCCCC2)c1Cl. The van der Waals surface area contributed by atoms with Crippen molar-refractivity contribution in [3.63, 3.8) is 0 Å². The molecule has 1 saturated heterocycles. The van der Waals surface area contributed by atoms with E-state index in [1.54, 1.807) is 6.07 Å². The van der Waals surface area contributed by atoms with Gasteiger partial charge in [0, 0.05) is 24.7 Å². The van der Waals surface area contributed by atoms with Crippen molar-refractivity contribution < 1.29 is 8.42 Å². The number of hydrogen-bond acceptors (Lipinski definition) is 3. The molecule has 1 aromatic carbocycles. The fourth-order valence-electron chi connectivity index (χ4n) is 2.44. The number of nitrogens with zero attached hydrogens (tertiary/aromatic N) is 1. The van der Waals surface area contributed by atoms with E-state index in [4.69, 9.17) is 23.2 Å². The first kappa shape index (κ1) is 17.0. The topological polar surface area (TPSA) is 49.4 Å². The van der Waals surface area contributed by atoms with Gasteiger partial charge in [-0.15, -0.1) is 0 Å². The van der Waals surface area contributed by atoms with Gasteiger partial charge >= 0.3 is 0 Å². The summed E-state index contributed by atoms with van der Waals surface area (Å²) in [6.45, 7) is 4.35. The van der Waals surface area contributed by atoms with Crippen LogP contribution in [0.25, 0.3) is 0 Å². The highest BCUT2D eigenvalue weighted by Crippen LogP contribution is 2.32. The Kier molecular flexibility index (Phi) is 5.91. The maximum absolute atomic E-state index is 12.7. The van der Waals surface area contributed by atoms with Crippen LogP contribution in [-0.4, -0.2) is 32.4 Å². The maximum Gasteiger partial charge on any atom is 0.244 e. The second-order valence-electron chi connectivity index (χ2n) is 5.12. The van der Waals surface area contributed by atoms with Gasteiger partial charge in [-0.2, -0.15) is 4.31 Å². The van der Waals surface area contributed by atoms with Gasteiger partial charge in [0.1, 0.15) is 4.90 Å². The van der Waals surface area contributed by atoms with Crippen LogP contribution in [-0.2, 0) is 16.6 Å². The lowest BCUT2D eigenvalue weighted by atomic mass is 10.2. The lowest BCUT2D eigenvalue weighted by molar-refractivity contribution is 0.346. The number of sulfonamides is 1. The number of halogens is 2. The Hall–Kier alpha value is -0.330. The molecular formula is C14H20Cl2N2O2S. The summed E-state index contributed by atoms with van der Waals surface area (Å²) in [5.74, 6) is 0. The standard InChI is InChI=1S/C14H20Cl2N2O2S/c1-2-17-10-11-8-12(15)9-13(14(11)16)21(19,20)18-6-4-3-5-7-18/h8-9,17H,2-7,10H2,1H3. The van der Waals surface area contributed by atoms with Gasteiger partial charge in [0.05, 0.1) is 5.02 Å². The molecule has 0 aliphatic carbocycles. The number of hydrogen-bond donors (Lipinski definition) is 1. The molecule has 118 valence electrons. The molecule has 0 saturated carbocycles. The van der Waals surface area contributed by atoms with E-state index in [0.29, 0.717) is 30.2 Å². The van der Waals surface area contributed by atoms with Crippen LogP contribution in [0.4, 0.5) is 0 Å². The van der Waals surface area contributed by atoms with Crippen LogP contribution in [0.1, 0.15) is 31.7 Å². The average Bonchev–Trinajstić information content (AvgIpc) is 2.48. The van der Waals surface area contributed by atoms with Gasteiger partial charge in [0.15, 0.2) is 0 Å². The Morgan fingerprint density at radius 3 is 2.48 bits per heavy atom. The molecule has 0 spiro atoms. The molecule has 7 heteroatoms. The third kappa shape index (κ3) is 3.90. The van der Waals surface area contributed by atoms with Crippen molar-refractivity contribution in [1.82, 2.24) is 9.62 Å². The Morgan fingerprint density at radius 2 is 1.86 bits per heavy atom. The lowest BCUT2D eigenvalue weighted by Crippen LogP contribution is -2.35. The van der Waals surface area contributed by atoms with Gasteiger partial charge in [-0.05, 0) is 37.1 Å². The highest BCUT2D eigenvalue weighted by atomic mass is 35.5. The molecule has 4 nitrogen and oxygen atoms in total. The van der Waals surface area contributed by atoms with Gasteiger partial charge in [-0.3, -0.25) is 0 Å². The molecule has 1 aliphatic rings. The summed E-state index contributed by atoms with van der Waals surface area (Å²) in [6, 6.07) is 3.16. The molecule has 0 aromatic heterocycles. The number of piperidine rings is 1. The fraction of sp³-hybridized carbons (Fsp3) is 0.571. The molecule has 0 atom stereocenters. The minimum atomic E-state index is -3.57. The van der Waals surface area contributed by atoms with E-state index < -0.39 is 10.0 Å². The predicted octanol–water partition coefficient (Wildman–Crippen LogP) is 3.28. The summed E-state index contributed by atoms with van der Waals surface area (Å²) in [4.78, 5) is 0.117. The Bertz CT molecular complexity index is 599. The second-order valence-corrected chi connectivity index (χ2v) is 7.84. The molecule has 21 heavy (non-hydrogen) atoms. The third-order valence-corrected chi connectivity index (χ3v) is 6.28. The summed E-state index contributed by atoms with van der Waals surface area (Å²) in [6.07, 6.45) is 2.85. The van der Waals surface area contributed by atoms with Crippen LogP contribution >= 0.6 is 23.2 Å². The zero-order valence-electron chi connectivity index (χ0n) is 12.0. The fourth-order valence-corrected chi connectivity index (χ4v) is 4.86. The van der Waals surface area contributed by atoms with Crippen molar-refractivity contribution in [2.24, 2.45) is 0 Å². The van der Waals surface area contributed by atoms with Crippen molar-refractivity contribution in [3.05, 3.63) is 27.7 Å². The van der Waals surface area contributed by atoms with Crippen LogP contribution < -0.4 is 5.32 Å². The molecule has 1 aliphatic heterocycles. The van der Waals surface area contributed by atoms with Crippen LogP contribution in [0.2, 0.25) is 10.0 Å². The van der Waals surface area contributed by atoms with Crippen LogP contribution in [0.3, 0.4) is 0 Å². The molecule has 1 heterocycles. The van der Waals surface area contributed by atoms with Gasteiger partial charge in [-0.1, -0.05) is 36.5 Å². The summed E-state index contributed by atoms with van der Waals surface area (Å²) >= 11 is 12.4. The average molecular weight is 351 g/mol. The van der Waals surface area contributed by atoms with Crippen LogP contribution in [0.15, 0.2) is 17.0 Å². The maximum atomic E-state index is 12.7. The highest BCUT2D eigenvalue weighted by molar-refractivity contribution is 7.89. The quantitative estimate of drug-likeness (QED) is 0.886. The molecule has 1 fully saturated rings. The minimum absolute atomic E-state index is 0.117. The molecule has 0 amide bonds. The molecule has 0 bridgehead atoms. The molecule has 1 N–H and O–H groups in total. The first-order valence-electron chi connectivity index (χ1n) is 7.15. The molecule has 0 unspecified atom stereocenters. The predicted molar refractivity (Wildman–Crippen MR) is 86.5 cm³/mol. The highest BCUT2D eigenvalue weighted by Gasteiger charge is 2.29. The van der Waals surface area contributed by atoms with E-state index in [1.165, 1.54) is 10.4 Å². The largest absolute Gasteiger partial charge is 0.313 e. The third-order valence-electron chi connectivity index (χ3n) is 3.58. The normalized spacial score (nSPS) is 17.1. The van der Waals surface area contributed by atoms with E-state index >= 15 is 0 Å². The molecule has 0 radical (unpaired) electrons. The lowest BCUT2D eigenvalue weighted by Gasteiger charge is -2.26. The number of nitrogens with one attached hydrogen (secondary N) is 1. The summed E-state index contributed by atoms with van der Waals surface area (Å²) in [5.41, 5.74) is 0.710. The van der Waals surface area contributed by atoms with E-state index in [0.717, 1.165) is 25.8 Å². The first-order valence-corrected chi connectivity index (χ1v) is 9.35. The Labute approximate surface area is 136 Å². The zero-order valence-corrected chi connectivity index (χ0v) is 14.4. The zero-order chi connectivity index (χ0) is 15.5. The van der Waals surface area contributed by atoms with E-state index in [1.807, 2.05) is 6.92 Å². The van der Waals surface area contributed by atoms with Crippen molar-refractivity contribution in [3.8, 4) is 0 Å². The Balaban J connectivity index is 2.39. The monoisotopic (exact) mass is 350 g/mol. The van der Waals surface area contributed by atoms with Crippen molar-refractivity contribution in [2.45, 2.75) is 37.6 Å².